The molecule has 0 saturated carbocycles. The maximum atomic E-state index is 10.2. The lowest BCUT2D eigenvalue weighted by Gasteiger charge is -2.07. The van der Waals surface area contributed by atoms with Crippen LogP contribution >= 0.6 is 0 Å². The molecule has 1 aliphatic heterocycles. The Bertz CT molecular complexity index is 116. The Morgan fingerprint density at radius 3 is 3.10 bits per heavy atom. The van der Waals surface area contributed by atoms with Crippen LogP contribution in [0.2, 0.25) is 0 Å². The SMILES string of the molecule is [CH2]C(=O)OCC1CCCO1. The zero-order valence-corrected chi connectivity index (χ0v) is 5.84. The van der Waals surface area contributed by atoms with Crippen LogP contribution in [0.5, 0.6) is 0 Å². The minimum Gasteiger partial charge on any atom is -0.463 e. The quantitative estimate of drug-likeness (QED) is 0.529. The van der Waals surface area contributed by atoms with Crippen molar-refractivity contribution in [1.29, 1.82) is 0 Å². The van der Waals surface area contributed by atoms with E-state index < -0.39 is 5.97 Å². The zero-order valence-electron chi connectivity index (χ0n) is 5.84. The number of rotatable bonds is 2. The van der Waals surface area contributed by atoms with E-state index in [1.54, 1.807) is 0 Å². The molecule has 0 aromatic rings. The van der Waals surface area contributed by atoms with Gasteiger partial charge in [-0.1, -0.05) is 0 Å². The molecule has 1 fully saturated rings. The Labute approximate surface area is 60.3 Å². The summed E-state index contributed by atoms with van der Waals surface area (Å²) in [6, 6.07) is 0. The molecule has 10 heavy (non-hydrogen) atoms. The molecule has 1 heterocycles. The van der Waals surface area contributed by atoms with Gasteiger partial charge in [-0.25, -0.2) is 0 Å². The van der Waals surface area contributed by atoms with E-state index in [2.05, 4.69) is 11.7 Å². The highest BCUT2D eigenvalue weighted by molar-refractivity contribution is 5.73. The summed E-state index contributed by atoms with van der Waals surface area (Å²) in [4.78, 5) is 10.2. The predicted molar refractivity (Wildman–Crippen MR) is 35.3 cm³/mol. The van der Waals surface area contributed by atoms with E-state index in [1.807, 2.05) is 0 Å². The number of hydrogen-bond donors (Lipinski definition) is 0. The van der Waals surface area contributed by atoms with Crippen LogP contribution in [-0.2, 0) is 14.3 Å². The second-order valence-corrected chi connectivity index (χ2v) is 2.32. The van der Waals surface area contributed by atoms with Gasteiger partial charge >= 0.3 is 5.97 Å². The average Bonchev–Trinajstić information content (AvgIpc) is 2.34. The molecule has 1 radical (unpaired) electrons. The molecule has 0 aromatic heterocycles. The van der Waals surface area contributed by atoms with Gasteiger partial charge in [-0.2, -0.15) is 0 Å². The molecule has 0 aliphatic carbocycles. The summed E-state index contributed by atoms with van der Waals surface area (Å²) in [5.41, 5.74) is 0. The molecule has 1 saturated heterocycles. The van der Waals surface area contributed by atoms with Gasteiger partial charge < -0.3 is 9.47 Å². The molecule has 0 spiro atoms. The van der Waals surface area contributed by atoms with Crippen LogP contribution in [-0.4, -0.2) is 25.3 Å². The van der Waals surface area contributed by atoms with E-state index in [1.165, 1.54) is 0 Å². The monoisotopic (exact) mass is 143 g/mol. The molecular formula is C7H11O3. The molecule has 0 amide bonds. The summed E-state index contributed by atoms with van der Waals surface area (Å²) >= 11 is 0. The van der Waals surface area contributed by atoms with E-state index >= 15 is 0 Å². The predicted octanol–water partition coefficient (Wildman–Crippen LogP) is 0.543. The first kappa shape index (κ1) is 7.54. The molecule has 1 unspecified atom stereocenters. The molecule has 0 N–H and O–H groups in total. The lowest BCUT2D eigenvalue weighted by molar-refractivity contribution is -0.141. The van der Waals surface area contributed by atoms with Gasteiger partial charge in [-0.15, -0.1) is 0 Å². The standard InChI is InChI=1S/C7H11O3/c1-6(8)10-5-7-3-2-4-9-7/h7H,1-5H2. The number of hydrogen-bond acceptors (Lipinski definition) is 3. The van der Waals surface area contributed by atoms with Crippen molar-refractivity contribution in [2.45, 2.75) is 18.9 Å². The van der Waals surface area contributed by atoms with Crippen molar-refractivity contribution >= 4 is 5.97 Å². The van der Waals surface area contributed by atoms with Crippen LogP contribution in [0.15, 0.2) is 0 Å². The van der Waals surface area contributed by atoms with Crippen LogP contribution in [0.1, 0.15) is 12.8 Å². The summed E-state index contributed by atoms with van der Waals surface area (Å²) in [7, 11) is 0. The highest BCUT2D eigenvalue weighted by Gasteiger charge is 2.15. The second-order valence-electron chi connectivity index (χ2n) is 2.32. The summed E-state index contributed by atoms with van der Waals surface area (Å²) in [6.45, 7) is 4.24. The molecule has 0 bridgehead atoms. The maximum absolute atomic E-state index is 10.2. The Morgan fingerprint density at radius 1 is 1.80 bits per heavy atom. The fourth-order valence-electron chi connectivity index (χ4n) is 0.962. The van der Waals surface area contributed by atoms with E-state index in [9.17, 15) is 4.79 Å². The van der Waals surface area contributed by atoms with Crippen LogP contribution < -0.4 is 0 Å². The Morgan fingerprint density at radius 2 is 2.60 bits per heavy atom. The van der Waals surface area contributed by atoms with Crippen molar-refractivity contribution in [3.63, 3.8) is 0 Å². The van der Waals surface area contributed by atoms with Crippen molar-refractivity contribution in [3.8, 4) is 0 Å². The first-order valence-corrected chi connectivity index (χ1v) is 3.39. The first-order valence-electron chi connectivity index (χ1n) is 3.39. The molecule has 0 aromatic carbocycles. The first-order chi connectivity index (χ1) is 4.79. The minimum atomic E-state index is -0.476. The van der Waals surface area contributed by atoms with E-state index in [0.717, 1.165) is 19.4 Å². The van der Waals surface area contributed by atoms with Crippen molar-refractivity contribution < 1.29 is 14.3 Å². The summed E-state index contributed by atoms with van der Waals surface area (Å²) < 4.78 is 9.85. The third-order valence-corrected chi connectivity index (χ3v) is 1.45. The summed E-state index contributed by atoms with van der Waals surface area (Å²) in [5, 5.41) is 0. The van der Waals surface area contributed by atoms with Gasteiger partial charge in [0.2, 0.25) is 0 Å². The lowest BCUT2D eigenvalue weighted by Crippen LogP contribution is -2.16. The third-order valence-electron chi connectivity index (χ3n) is 1.45. The molecule has 1 rings (SSSR count). The molecule has 3 heteroatoms. The number of esters is 1. The van der Waals surface area contributed by atoms with Gasteiger partial charge in [-0.3, -0.25) is 4.79 Å². The van der Waals surface area contributed by atoms with Crippen LogP contribution in [0, 0.1) is 6.92 Å². The fourth-order valence-corrected chi connectivity index (χ4v) is 0.962. The van der Waals surface area contributed by atoms with Gasteiger partial charge in [0.25, 0.3) is 0 Å². The normalized spacial score (nSPS) is 24.7. The summed E-state index contributed by atoms with van der Waals surface area (Å²) in [6.07, 6.45) is 2.18. The van der Waals surface area contributed by atoms with Crippen LogP contribution in [0.4, 0.5) is 0 Å². The lowest BCUT2D eigenvalue weighted by atomic mass is 10.2. The highest BCUT2D eigenvalue weighted by atomic mass is 16.6. The number of carbonyl (C=O) groups is 1. The highest BCUT2D eigenvalue weighted by Crippen LogP contribution is 2.11. The topological polar surface area (TPSA) is 35.5 Å². The fraction of sp³-hybridized carbons (Fsp3) is 0.714. The van der Waals surface area contributed by atoms with Gasteiger partial charge in [-0.05, 0) is 12.8 Å². The molecule has 3 nitrogen and oxygen atoms in total. The van der Waals surface area contributed by atoms with Crippen molar-refractivity contribution in [1.82, 2.24) is 0 Å². The molecule has 1 aliphatic rings. The van der Waals surface area contributed by atoms with E-state index in [4.69, 9.17) is 4.74 Å². The summed E-state index contributed by atoms with van der Waals surface area (Å²) in [5.74, 6) is -0.476. The van der Waals surface area contributed by atoms with Crippen LogP contribution in [0.25, 0.3) is 0 Å². The average molecular weight is 143 g/mol. The van der Waals surface area contributed by atoms with E-state index in [-0.39, 0.29) is 6.10 Å². The maximum Gasteiger partial charge on any atom is 0.306 e. The number of carbonyl (C=O) groups excluding carboxylic acids is 1. The van der Waals surface area contributed by atoms with Gasteiger partial charge in [0.15, 0.2) is 0 Å². The van der Waals surface area contributed by atoms with Crippen molar-refractivity contribution in [2.75, 3.05) is 13.2 Å². The van der Waals surface area contributed by atoms with Crippen molar-refractivity contribution in [3.05, 3.63) is 6.92 Å². The Balaban J connectivity index is 2.07. The Hall–Kier alpha value is -0.570. The van der Waals surface area contributed by atoms with Gasteiger partial charge in [0.1, 0.15) is 6.61 Å². The number of ether oxygens (including phenoxy) is 2. The third kappa shape index (κ3) is 2.35. The molecular weight excluding hydrogens is 132 g/mol. The van der Waals surface area contributed by atoms with Crippen LogP contribution in [0.3, 0.4) is 0 Å². The van der Waals surface area contributed by atoms with Gasteiger partial charge in [0, 0.05) is 6.61 Å². The largest absolute Gasteiger partial charge is 0.463 e. The second kappa shape index (κ2) is 3.56. The Kier molecular flexibility index (Phi) is 2.68. The molecule has 57 valence electrons. The van der Waals surface area contributed by atoms with E-state index in [0.29, 0.717) is 6.61 Å². The van der Waals surface area contributed by atoms with Gasteiger partial charge in [0.05, 0.1) is 13.0 Å². The van der Waals surface area contributed by atoms with Crippen molar-refractivity contribution in [2.24, 2.45) is 0 Å². The molecule has 1 atom stereocenters. The zero-order chi connectivity index (χ0) is 7.40. The minimum absolute atomic E-state index is 0.116. The smallest absolute Gasteiger partial charge is 0.306 e.